The van der Waals surface area contributed by atoms with Gasteiger partial charge in [0.05, 0.1) is 11.3 Å². The smallest absolute Gasteiger partial charge is 0.265 e. The van der Waals surface area contributed by atoms with Gasteiger partial charge in [-0.3, -0.25) is 14.9 Å². The van der Waals surface area contributed by atoms with Crippen molar-refractivity contribution in [2.24, 2.45) is 0 Å². The fourth-order valence-corrected chi connectivity index (χ4v) is 4.09. The minimum atomic E-state index is -0.208. The van der Waals surface area contributed by atoms with E-state index in [0.717, 1.165) is 10.1 Å². The van der Waals surface area contributed by atoms with Gasteiger partial charge in [-0.15, -0.1) is 11.3 Å². The van der Waals surface area contributed by atoms with E-state index in [1.54, 1.807) is 21.0 Å². The van der Waals surface area contributed by atoms with Gasteiger partial charge in [-0.1, -0.05) is 29.5 Å². The van der Waals surface area contributed by atoms with Gasteiger partial charge in [0.25, 0.3) is 11.8 Å². The number of rotatable bonds is 3. The first kappa shape index (κ1) is 15.6. The van der Waals surface area contributed by atoms with Crippen LogP contribution in [0.2, 0.25) is 0 Å². The summed E-state index contributed by atoms with van der Waals surface area (Å²) in [5.74, 6) is -0.318. The Bertz CT molecular complexity index is 896. The molecule has 0 radical (unpaired) electrons. The molecule has 0 bridgehead atoms. The lowest BCUT2D eigenvalue weighted by Crippen LogP contribution is -2.21. The Morgan fingerprint density at radius 3 is 2.70 bits per heavy atom. The maximum Gasteiger partial charge on any atom is 0.265 e. The Morgan fingerprint density at radius 1 is 1.22 bits per heavy atom. The number of nitrogens with one attached hydrogen (secondary N) is 1. The van der Waals surface area contributed by atoms with E-state index < -0.39 is 0 Å². The van der Waals surface area contributed by atoms with Crippen LogP contribution in [0.1, 0.15) is 25.7 Å². The second-order valence-corrected chi connectivity index (χ2v) is 7.14. The van der Waals surface area contributed by atoms with Crippen molar-refractivity contribution in [3.05, 3.63) is 45.8 Å². The van der Waals surface area contributed by atoms with Crippen molar-refractivity contribution in [1.82, 2.24) is 9.88 Å². The lowest BCUT2D eigenvalue weighted by molar-refractivity contribution is 0.0831. The minimum absolute atomic E-state index is 0.110. The highest BCUT2D eigenvalue weighted by atomic mass is 32.1. The Kier molecular flexibility index (Phi) is 4.14. The van der Waals surface area contributed by atoms with Crippen molar-refractivity contribution in [3.8, 4) is 0 Å². The third-order valence-corrected chi connectivity index (χ3v) is 5.37. The summed E-state index contributed by atoms with van der Waals surface area (Å²) >= 11 is 2.73. The van der Waals surface area contributed by atoms with Crippen LogP contribution in [0.5, 0.6) is 0 Å². The number of aromatic nitrogens is 1. The van der Waals surface area contributed by atoms with Gasteiger partial charge >= 0.3 is 0 Å². The average Bonchev–Trinajstić information content (AvgIpc) is 3.10. The highest BCUT2D eigenvalue weighted by Gasteiger charge is 2.19. The van der Waals surface area contributed by atoms with Gasteiger partial charge in [0.15, 0.2) is 5.13 Å². The number of amides is 2. The van der Waals surface area contributed by atoms with E-state index in [1.807, 2.05) is 29.6 Å². The van der Waals surface area contributed by atoms with Crippen molar-refractivity contribution in [2.75, 3.05) is 19.4 Å². The van der Waals surface area contributed by atoms with Crippen LogP contribution in [-0.4, -0.2) is 35.8 Å². The van der Waals surface area contributed by atoms with Crippen molar-refractivity contribution < 1.29 is 9.59 Å². The summed E-state index contributed by atoms with van der Waals surface area (Å²) in [4.78, 5) is 30.9. The summed E-state index contributed by atoms with van der Waals surface area (Å²) in [6, 6.07) is 7.77. The molecule has 0 atom stereocenters. The zero-order valence-corrected chi connectivity index (χ0v) is 14.5. The van der Waals surface area contributed by atoms with E-state index in [1.165, 1.54) is 27.6 Å². The Labute approximate surface area is 141 Å². The van der Waals surface area contributed by atoms with Crippen LogP contribution in [0, 0.1) is 6.92 Å². The molecule has 0 spiro atoms. The van der Waals surface area contributed by atoms with Crippen molar-refractivity contribution in [1.29, 1.82) is 0 Å². The second-order valence-electron chi connectivity index (χ2n) is 5.23. The third kappa shape index (κ3) is 2.97. The van der Waals surface area contributed by atoms with Crippen molar-refractivity contribution in [2.45, 2.75) is 6.92 Å². The molecule has 3 aromatic rings. The van der Waals surface area contributed by atoms with E-state index in [0.29, 0.717) is 21.3 Å². The molecule has 0 unspecified atom stereocenters. The molecule has 0 saturated carbocycles. The lowest BCUT2D eigenvalue weighted by atomic mass is 10.2. The number of anilines is 1. The average molecular weight is 345 g/mol. The number of hydrogen-bond acceptors (Lipinski definition) is 5. The molecule has 1 N–H and O–H groups in total. The van der Waals surface area contributed by atoms with Gasteiger partial charge in [-0.05, 0) is 13.0 Å². The molecule has 0 saturated heterocycles. The van der Waals surface area contributed by atoms with Crippen molar-refractivity contribution in [3.63, 3.8) is 0 Å². The quantitative estimate of drug-likeness (QED) is 0.788. The molecule has 7 heteroatoms. The van der Waals surface area contributed by atoms with Crippen LogP contribution >= 0.6 is 22.7 Å². The molecule has 0 fully saturated rings. The molecule has 118 valence electrons. The third-order valence-electron chi connectivity index (χ3n) is 3.34. The van der Waals surface area contributed by atoms with E-state index in [9.17, 15) is 9.59 Å². The Hall–Kier alpha value is -2.25. The molecule has 5 nitrogen and oxygen atoms in total. The fraction of sp³-hybridized carbons (Fsp3) is 0.188. The maximum atomic E-state index is 12.5. The van der Waals surface area contributed by atoms with Gasteiger partial charge in [0, 0.05) is 29.6 Å². The predicted octanol–water partition coefficient (Wildman–Crippen LogP) is 3.62. The van der Waals surface area contributed by atoms with Crippen LogP contribution < -0.4 is 5.32 Å². The van der Waals surface area contributed by atoms with Crippen LogP contribution in [0.3, 0.4) is 0 Å². The highest BCUT2D eigenvalue weighted by Crippen LogP contribution is 2.28. The number of fused-ring (bicyclic) bond motifs is 1. The Morgan fingerprint density at radius 2 is 1.96 bits per heavy atom. The second kappa shape index (κ2) is 6.10. The molecule has 0 aliphatic heterocycles. The summed E-state index contributed by atoms with van der Waals surface area (Å²) in [6.07, 6.45) is 0. The molecule has 1 aromatic carbocycles. The molecular formula is C16H15N3O2S2. The van der Waals surface area contributed by atoms with E-state index in [-0.39, 0.29) is 11.8 Å². The van der Waals surface area contributed by atoms with Crippen LogP contribution in [0.4, 0.5) is 5.13 Å². The number of hydrogen-bond donors (Lipinski definition) is 1. The molecule has 2 heterocycles. The number of carbonyl (C=O) groups is 2. The van der Waals surface area contributed by atoms with Crippen LogP contribution in [-0.2, 0) is 0 Å². The van der Waals surface area contributed by atoms with Gasteiger partial charge < -0.3 is 4.90 Å². The maximum absolute atomic E-state index is 12.5. The summed E-state index contributed by atoms with van der Waals surface area (Å²) in [5.41, 5.74) is 1.25. The largest absolute Gasteiger partial charge is 0.344 e. The zero-order chi connectivity index (χ0) is 16.6. The molecule has 2 aromatic heterocycles. The van der Waals surface area contributed by atoms with Gasteiger partial charge in [0.2, 0.25) is 0 Å². The highest BCUT2D eigenvalue weighted by molar-refractivity contribution is 7.18. The van der Waals surface area contributed by atoms with E-state index >= 15 is 0 Å². The molecule has 2 amide bonds. The molecule has 0 aliphatic carbocycles. The minimum Gasteiger partial charge on any atom is -0.344 e. The molecular weight excluding hydrogens is 330 g/mol. The predicted molar refractivity (Wildman–Crippen MR) is 94.6 cm³/mol. The normalized spacial score (nSPS) is 10.7. The first-order chi connectivity index (χ1) is 11.0. The SMILES string of the molecule is Cc1nc(NC(=O)c2csc3ccccc23)sc1C(=O)N(C)C. The zero-order valence-electron chi connectivity index (χ0n) is 12.9. The number of thiazole rings is 1. The topological polar surface area (TPSA) is 62.3 Å². The summed E-state index contributed by atoms with van der Waals surface area (Å²) in [7, 11) is 3.38. The van der Waals surface area contributed by atoms with E-state index in [4.69, 9.17) is 0 Å². The first-order valence-electron chi connectivity index (χ1n) is 6.94. The molecule has 3 rings (SSSR count). The molecule has 23 heavy (non-hydrogen) atoms. The fourth-order valence-electron chi connectivity index (χ4n) is 2.17. The Balaban J connectivity index is 1.86. The summed E-state index contributed by atoms with van der Waals surface area (Å²) in [6.45, 7) is 1.77. The number of aryl methyl sites for hydroxylation is 1. The van der Waals surface area contributed by atoms with Crippen molar-refractivity contribution >= 4 is 49.7 Å². The number of thiophene rings is 1. The number of carbonyl (C=O) groups excluding carboxylic acids is 2. The van der Waals surface area contributed by atoms with E-state index in [2.05, 4.69) is 10.3 Å². The monoisotopic (exact) mass is 345 g/mol. The summed E-state index contributed by atoms with van der Waals surface area (Å²) in [5, 5.41) is 6.00. The lowest BCUT2D eigenvalue weighted by Gasteiger charge is -2.07. The number of benzene rings is 1. The van der Waals surface area contributed by atoms with Crippen LogP contribution in [0.15, 0.2) is 29.6 Å². The van der Waals surface area contributed by atoms with Crippen LogP contribution in [0.25, 0.3) is 10.1 Å². The van der Waals surface area contributed by atoms with Gasteiger partial charge in [-0.2, -0.15) is 0 Å². The summed E-state index contributed by atoms with van der Waals surface area (Å²) < 4.78 is 1.07. The van der Waals surface area contributed by atoms with Gasteiger partial charge in [-0.25, -0.2) is 4.98 Å². The molecule has 0 aliphatic rings. The standard InChI is InChI=1S/C16H15N3O2S2/c1-9-13(15(21)19(2)3)23-16(17-9)18-14(20)11-8-22-12-7-5-4-6-10(11)12/h4-8H,1-3H3,(H,17,18,20). The van der Waals surface area contributed by atoms with Gasteiger partial charge in [0.1, 0.15) is 4.88 Å². The number of nitrogens with zero attached hydrogens (tertiary/aromatic N) is 2. The first-order valence-corrected chi connectivity index (χ1v) is 8.63.